The van der Waals surface area contributed by atoms with Crippen LogP contribution in [0.4, 0.5) is 5.69 Å². The van der Waals surface area contributed by atoms with E-state index in [4.69, 9.17) is 9.84 Å². The van der Waals surface area contributed by atoms with Crippen LogP contribution in [0.2, 0.25) is 0 Å². The maximum atomic E-state index is 10.9. The number of carboxylic acids is 1. The Labute approximate surface area is 107 Å². The molecule has 0 saturated carbocycles. The van der Waals surface area contributed by atoms with E-state index < -0.39 is 10.9 Å². The third kappa shape index (κ3) is 3.55. The monoisotopic (exact) mass is 273 g/mol. The lowest BCUT2D eigenvalue weighted by atomic mass is 10.3. The molecule has 1 unspecified atom stereocenters. The van der Waals surface area contributed by atoms with Gasteiger partial charge in [-0.2, -0.15) is 4.98 Å². The van der Waals surface area contributed by atoms with Crippen molar-refractivity contribution in [1.29, 1.82) is 0 Å². The van der Waals surface area contributed by atoms with Gasteiger partial charge in [-0.25, -0.2) is 4.98 Å². The first-order valence-corrected chi connectivity index (χ1v) is 5.75. The van der Waals surface area contributed by atoms with Crippen LogP contribution in [0.15, 0.2) is 11.4 Å². The minimum atomic E-state index is -0.973. The highest BCUT2D eigenvalue weighted by Crippen LogP contribution is 2.36. The third-order valence-corrected chi connectivity index (χ3v) is 3.00. The standard InChI is InChI=1S/C9H11N3O5S/c1-5(3-6(13)14)18-9-7(12(15)16)8(17-2)10-4-11-9/h4-5H,3H2,1-2H3,(H,13,14). The quantitative estimate of drug-likeness (QED) is 0.357. The zero-order chi connectivity index (χ0) is 13.7. The molecule has 1 heterocycles. The summed E-state index contributed by atoms with van der Waals surface area (Å²) in [5, 5.41) is 19.3. The predicted molar refractivity (Wildman–Crippen MR) is 62.8 cm³/mol. The number of nitrogens with zero attached hydrogens (tertiary/aromatic N) is 3. The van der Waals surface area contributed by atoms with Gasteiger partial charge in [0.2, 0.25) is 0 Å². The van der Waals surface area contributed by atoms with Crippen molar-refractivity contribution in [2.24, 2.45) is 0 Å². The van der Waals surface area contributed by atoms with E-state index in [9.17, 15) is 14.9 Å². The molecule has 0 bridgehead atoms. The van der Waals surface area contributed by atoms with Gasteiger partial charge in [0.1, 0.15) is 6.33 Å². The number of methoxy groups -OCH3 is 1. The summed E-state index contributed by atoms with van der Waals surface area (Å²) >= 11 is 1.00. The van der Waals surface area contributed by atoms with Gasteiger partial charge in [0.05, 0.1) is 18.5 Å². The Hall–Kier alpha value is -1.90. The van der Waals surface area contributed by atoms with Crippen molar-refractivity contribution in [1.82, 2.24) is 9.97 Å². The van der Waals surface area contributed by atoms with Crippen molar-refractivity contribution >= 4 is 23.4 Å². The smallest absolute Gasteiger partial charge is 0.362 e. The third-order valence-electron chi connectivity index (χ3n) is 1.91. The minimum absolute atomic E-state index is 0.0978. The van der Waals surface area contributed by atoms with Gasteiger partial charge < -0.3 is 9.84 Å². The Morgan fingerprint density at radius 2 is 2.33 bits per heavy atom. The minimum Gasteiger partial charge on any atom is -0.481 e. The summed E-state index contributed by atoms with van der Waals surface area (Å²) in [5.41, 5.74) is -0.345. The summed E-state index contributed by atoms with van der Waals surface area (Å²) in [6.07, 6.45) is 1.02. The second-order valence-electron chi connectivity index (χ2n) is 3.32. The van der Waals surface area contributed by atoms with E-state index in [0.29, 0.717) is 0 Å². The van der Waals surface area contributed by atoms with Crippen LogP contribution in [-0.2, 0) is 4.79 Å². The number of carboxylic acid groups (broad SMARTS) is 1. The molecule has 0 radical (unpaired) electrons. The van der Waals surface area contributed by atoms with E-state index in [2.05, 4.69) is 9.97 Å². The first-order valence-electron chi connectivity index (χ1n) is 4.87. The van der Waals surface area contributed by atoms with Crippen LogP contribution in [0.3, 0.4) is 0 Å². The van der Waals surface area contributed by atoms with E-state index in [1.807, 2.05) is 0 Å². The lowest BCUT2D eigenvalue weighted by Gasteiger charge is -2.08. The molecule has 98 valence electrons. The maximum absolute atomic E-state index is 10.9. The molecular formula is C9H11N3O5S. The van der Waals surface area contributed by atoms with Crippen LogP contribution in [0, 0.1) is 10.1 Å². The number of aromatic nitrogens is 2. The molecule has 0 saturated heterocycles. The molecule has 1 N–H and O–H groups in total. The number of hydrogen-bond acceptors (Lipinski definition) is 7. The molecule has 0 amide bonds. The highest BCUT2D eigenvalue weighted by molar-refractivity contribution is 8.00. The summed E-state index contributed by atoms with van der Waals surface area (Å²) in [7, 11) is 1.27. The van der Waals surface area contributed by atoms with Crippen LogP contribution in [-0.4, -0.2) is 38.3 Å². The number of hydrogen-bond donors (Lipinski definition) is 1. The molecule has 0 aliphatic heterocycles. The molecular weight excluding hydrogens is 262 g/mol. The first-order chi connectivity index (χ1) is 8.45. The van der Waals surface area contributed by atoms with Gasteiger partial charge in [-0.15, -0.1) is 0 Å². The molecule has 1 aromatic rings. The van der Waals surface area contributed by atoms with E-state index in [1.165, 1.54) is 7.11 Å². The lowest BCUT2D eigenvalue weighted by molar-refractivity contribution is -0.389. The van der Waals surface area contributed by atoms with Gasteiger partial charge in [0.15, 0.2) is 5.03 Å². The molecule has 0 fully saturated rings. The fourth-order valence-electron chi connectivity index (χ4n) is 1.22. The second kappa shape index (κ2) is 6.15. The van der Waals surface area contributed by atoms with Crippen molar-refractivity contribution in [3.63, 3.8) is 0 Å². The molecule has 0 aromatic carbocycles. The fourth-order valence-corrected chi connectivity index (χ4v) is 2.21. The summed E-state index contributed by atoms with van der Waals surface area (Å²) in [6, 6.07) is 0. The Balaban J connectivity index is 3.01. The van der Waals surface area contributed by atoms with Crippen LogP contribution >= 0.6 is 11.8 Å². The van der Waals surface area contributed by atoms with E-state index in [-0.39, 0.29) is 28.3 Å². The maximum Gasteiger partial charge on any atom is 0.362 e. The second-order valence-corrected chi connectivity index (χ2v) is 4.75. The van der Waals surface area contributed by atoms with Crippen LogP contribution in [0.1, 0.15) is 13.3 Å². The van der Waals surface area contributed by atoms with E-state index >= 15 is 0 Å². The summed E-state index contributed by atoms with van der Waals surface area (Å²) in [4.78, 5) is 28.2. The SMILES string of the molecule is COc1ncnc(SC(C)CC(=O)O)c1[N+](=O)[O-]. The molecule has 8 nitrogen and oxygen atoms in total. The van der Waals surface area contributed by atoms with E-state index in [1.54, 1.807) is 6.92 Å². The first kappa shape index (κ1) is 14.2. The topological polar surface area (TPSA) is 115 Å². The fraction of sp³-hybridized carbons (Fsp3) is 0.444. The molecule has 0 aliphatic carbocycles. The summed E-state index contributed by atoms with van der Waals surface area (Å²) < 4.78 is 4.79. The van der Waals surface area contributed by atoms with Gasteiger partial charge in [0.25, 0.3) is 5.88 Å². The molecule has 18 heavy (non-hydrogen) atoms. The van der Waals surface area contributed by atoms with Crippen molar-refractivity contribution in [2.45, 2.75) is 23.6 Å². The molecule has 1 atom stereocenters. The van der Waals surface area contributed by atoms with Gasteiger partial charge in [0, 0.05) is 5.25 Å². The highest BCUT2D eigenvalue weighted by Gasteiger charge is 2.26. The van der Waals surface area contributed by atoms with E-state index in [0.717, 1.165) is 18.1 Å². The van der Waals surface area contributed by atoms with Crippen LogP contribution < -0.4 is 4.74 Å². The normalized spacial score (nSPS) is 11.9. The molecule has 9 heteroatoms. The van der Waals surface area contributed by atoms with Gasteiger partial charge >= 0.3 is 11.7 Å². The average molecular weight is 273 g/mol. The average Bonchev–Trinajstić information content (AvgIpc) is 2.26. The van der Waals surface area contributed by atoms with Crippen LogP contribution in [0.5, 0.6) is 5.88 Å². The Morgan fingerprint density at radius 1 is 1.67 bits per heavy atom. The number of aliphatic carboxylic acids is 1. The van der Waals surface area contributed by atoms with Crippen molar-refractivity contribution < 1.29 is 19.6 Å². The lowest BCUT2D eigenvalue weighted by Crippen LogP contribution is -2.07. The highest BCUT2D eigenvalue weighted by atomic mass is 32.2. The van der Waals surface area contributed by atoms with Gasteiger partial charge in [-0.05, 0) is 0 Å². The number of nitro groups is 1. The van der Waals surface area contributed by atoms with Crippen molar-refractivity contribution in [3.8, 4) is 5.88 Å². The van der Waals surface area contributed by atoms with Gasteiger partial charge in [-0.3, -0.25) is 14.9 Å². The zero-order valence-corrected chi connectivity index (χ0v) is 10.5. The molecule has 0 spiro atoms. The Bertz CT molecular complexity index is 468. The predicted octanol–water partition coefficient (Wildman–Crippen LogP) is 1.35. The summed E-state index contributed by atoms with van der Waals surface area (Å²) in [5.74, 6) is -1.11. The molecule has 0 aliphatic rings. The molecule has 1 aromatic heterocycles. The Kier molecular flexibility index (Phi) is 4.84. The zero-order valence-electron chi connectivity index (χ0n) is 9.69. The largest absolute Gasteiger partial charge is 0.481 e. The van der Waals surface area contributed by atoms with Gasteiger partial charge in [-0.1, -0.05) is 18.7 Å². The van der Waals surface area contributed by atoms with Crippen LogP contribution in [0.25, 0.3) is 0 Å². The van der Waals surface area contributed by atoms with Crippen molar-refractivity contribution in [2.75, 3.05) is 7.11 Å². The number of ether oxygens (including phenoxy) is 1. The molecule has 1 rings (SSSR count). The number of thioether (sulfide) groups is 1. The number of rotatable bonds is 6. The Morgan fingerprint density at radius 3 is 2.83 bits per heavy atom. The summed E-state index contributed by atoms with van der Waals surface area (Å²) in [6.45, 7) is 1.65. The number of carbonyl (C=O) groups is 1. The van der Waals surface area contributed by atoms with Crippen molar-refractivity contribution in [3.05, 3.63) is 16.4 Å².